The fourth-order valence-electron chi connectivity index (χ4n) is 2.62. The molecule has 1 N–H and O–H groups in total. The van der Waals surface area contributed by atoms with E-state index in [1.54, 1.807) is 36.4 Å². The van der Waals surface area contributed by atoms with Crippen molar-refractivity contribution < 1.29 is 23.5 Å². The van der Waals surface area contributed by atoms with Crippen LogP contribution in [-0.4, -0.2) is 25.6 Å². The fraction of sp³-hybridized carbons (Fsp3) is 0.143. The van der Waals surface area contributed by atoms with E-state index in [9.17, 15) is 9.59 Å². The Hall–Kier alpha value is -2.51. The van der Waals surface area contributed by atoms with Gasteiger partial charge in [0.1, 0.15) is 24.7 Å². The van der Waals surface area contributed by atoms with Crippen molar-refractivity contribution in [3.63, 3.8) is 0 Å². The predicted octanol–water partition coefficient (Wildman–Crippen LogP) is 5.85. The number of ether oxygens (including phenoxy) is 2. The van der Waals surface area contributed by atoms with E-state index in [1.807, 2.05) is 0 Å². The summed E-state index contributed by atoms with van der Waals surface area (Å²) in [5.74, 6) is -0.0197. The van der Waals surface area contributed by atoms with Gasteiger partial charge < -0.3 is 19.2 Å². The summed E-state index contributed by atoms with van der Waals surface area (Å²) in [6.45, 7) is -0.187. The summed E-state index contributed by atoms with van der Waals surface area (Å²) in [5, 5.41) is 3.98. The lowest BCUT2D eigenvalue weighted by atomic mass is 10.2. The topological polar surface area (TPSA) is 77.8 Å². The van der Waals surface area contributed by atoms with Gasteiger partial charge in [-0.1, -0.05) is 34.8 Å². The van der Waals surface area contributed by atoms with E-state index >= 15 is 0 Å². The van der Waals surface area contributed by atoms with Crippen molar-refractivity contribution in [2.75, 3.05) is 19.0 Å². The highest BCUT2D eigenvalue weighted by Crippen LogP contribution is 2.32. The van der Waals surface area contributed by atoms with Crippen LogP contribution in [0.1, 0.15) is 16.1 Å². The second kappa shape index (κ2) is 10.00. The molecule has 0 radical (unpaired) electrons. The van der Waals surface area contributed by atoms with Crippen molar-refractivity contribution in [2.24, 2.45) is 0 Å². The number of carbonyl (C=O) groups is 2. The average Bonchev–Trinajstić information content (AvgIpc) is 3.19. The fourth-order valence-corrected chi connectivity index (χ4v) is 3.18. The second-order valence-electron chi connectivity index (χ2n) is 6.11. The molecule has 0 aliphatic rings. The minimum Gasteiger partial charge on any atom is -0.465 e. The molecule has 1 aromatic heterocycles. The molecule has 1 amide bonds. The van der Waals surface area contributed by atoms with Crippen LogP contribution in [0.15, 0.2) is 52.9 Å². The van der Waals surface area contributed by atoms with Crippen molar-refractivity contribution in [1.82, 2.24) is 0 Å². The van der Waals surface area contributed by atoms with Crippen molar-refractivity contribution in [2.45, 2.75) is 6.61 Å². The molecule has 30 heavy (non-hydrogen) atoms. The average molecular weight is 469 g/mol. The number of amides is 1. The maximum absolute atomic E-state index is 12.2. The van der Waals surface area contributed by atoms with Crippen molar-refractivity contribution in [1.29, 1.82) is 0 Å². The smallest absolute Gasteiger partial charge is 0.340 e. The predicted molar refractivity (Wildman–Crippen MR) is 115 cm³/mol. The molecule has 3 rings (SSSR count). The van der Waals surface area contributed by atoms with E-state index in [-0.39, 0.29) is 24.5 Å². The van der Waals surface area contributed by atoms with Crippen LogP contribution >= 0.6 is 34.8 Å². The number of furan rings is 1. The van der Waals surface area contributed by atoms with E-state index in [0.29, 0.717) is 32.2 Å². The summed E-state index contributed by atoms with van der Waals surface area (Å²) in [5.41, 5.74) is 1.08. The highest BCUT2D eigenvalue weighted by atomic mass is 35.5. The number of rotatable bonds is 7. The minimum absolute atomic E-state index is 0.0656. The van der Waals surface area contributed by atoms with Gasteiger partial charge in [0.05, 0.1) is 23.4 Å². The molecule has 156 valence electrons. The molecule has 0 aliphatic carbocycles. The Morgan fingerprint density at radius 3 is 2.50 bits per heavy atom. The molecule has 3 aromatic rings. The standard InChI is InChI=1S/C21H16Cl3NO5/c1-28-21(27)16-9-13(23)3-6-18(16)25-20(26)11-29-10-14-4-7-19(30-14)15-8-12(22)2-5-17(15)24/h2-9H,10-11H2,1H3,(H,25,26). The van der Waals surface area contributed by atoms with Crippen LogP contribution in [0.2, 0.25) is 15.1 Å². The Morgan fingerprint density at radius 2 is 1.73 bits per heavy atom. The van der Waals surface area contributed by atoms with Gasteiger partial charge in [0.25, 0.3) is 0 Å². The molecule has 0 saturated heterocycles. The summed E-state index contributed by atoms with van der Waals surface area (Å²) in [4.78, 5) is 24.0. The SMILES string of the molecule is COC(=O)c1cc(Cl)ccc1NC(=O)COCc1ccc(-c2cc(Cl)ccc2Cl)o1. The highest BCUT2D eigenvalue weighted by Gasteiger charge is 2.15. The first-order valence-corrected chi connectivity index (χ1v) is 9.80. The minimum atomic E-state index is -0.614. The lowest BCUT2D eigenvalue weighted by molar-refractivity contribution is -0.121. The van der Waals surface area contributed by atoms with Crippen LogP contribution in [0.3, 0.4) is 0 Å². The van der Waals surface area contributed by atoms with E-state index in [4.69, 9.17) is 48.7 Å². The largest absolute Gasteiger partial charge is 0.465 e. The Kier molecular flexibility index (Phi) is 7.39. The molecule has 0 unspecified atom stereocenters. The van der Waals surface area contributed by atoms with Crippen molar-refractivity contribution >= 4 is 52.4 Å². The molecule has 0 saturated carbocycles. The molecule has 0 aliphatic heterocycles. The molecule has 9 heteroatoms. The van der Waals surface area contributed by atoms with Crippen LogP contribution in [0.25, 0.3) is 11.3 Å². The molecule has 0 atom stereocenters. The molecule has 0 fully saturated rings. The van der Waals surface area contributed by atoms with Crippen LogP contribution in [0, 0.1) is 0 Å². The van der Waals surface area contributed by atoms with Gasteiger partial charge in [-0.15, -0.1) is 0 Å². The second-order valence-corrected chi connectivity index (χ2v) is 7.39. The molecule has 0 bridgehead atoms. The molecule has 6 nitrogen and oxygen atoms in total. The number of hydrogen-bond acceptors (Lipinski definition) is 5. The van der Waals surface area contributed by atoms with Gasteiger partial charge in [-0.3, -0.25) is 4.79 Å². The van der Waals surface area contributed by atoms with Crippen LogP contribution in [-0.2, 0) is 20.9 Å². The zero-order valence-electron chi connectivity index (χ0n) is 15.7. The quantitative estimate of drug-likeness (QED) is 0.440. The summed E-state index contributed by atoms with van der Waals surface area (Å²) in [6, 6.07) is 13.0. The summed E-state index contributed by atoms with van der Waals surface area (Å²) >= 11 is 18.1. The third-order valence-electron chi connectivity index (χ3n) is 3.99. The van der Waals surface area contributed by atoms with Crippen LogP contribution in [0.5, 0.6) is 0 Å². The maximum atomic E-state index is 12.2. The number of methoxy groups -OCH3 is 1. The Morgan fingerprint density at radius 1 is 1.00 bits per heavy atom. The molecular formula is C21H16Cl3NO5. The zero-order valence-corrected chi connectivity index (χ0v) is 18.0. The van der Waals surface area contributed by atoms with Gasteiger partial charge in [-0.2, -0.15) is 0 Å². The number of halogens is 3. The monoisotopic (exact) mass is 467 g/mol. The van der Waals surface area contributed by atoms with Gasteiger partial charge in [0.2, 0.25) is 5.91 Å². The van der Waals surface area contributed by atoms with Gasteiger partial charge >= 0.3 is 5.97 Å². The zero-order chi connectivity index (χ0) is 21.7. The number of nitrogens with one attached hydrogen (secondary N) is 1. The summed E-state index contributed by atoms with van der Waals surface area (Å²) in [6.07, 6.45) is 0. The number of esters is 1. The van der Waals surface area contributed by atoms with E-state index in [0.717, 1.165) is 0 Å². The van der Waals surface area contributed by atoms with Gasteiger partial charge in [0, 0.05) is 15.6 Å². The third-order valence-corrected chi connectivity index (χ3v) is 4.79. The number of anilines is 1. The molecule has 1 heterocycles. The Bertz CT molecular complexity index is 1080. The van der Waals surface area contributed by atoms with Gasteiger partial charge in [-0.25, -0.2) is 4.79 Å². The summed E-state index contributed by atoms with van der Waals surface area (Å²) in [7, 11) is 1.24. The highest BCUT2D eigenvalue weighted by molar-refractivity contribution is 6.35. The van der Waals surface area contributed by atoms with Gasteiger partial charge in [-0.05, 0) is 48.5 Å². The molecular weight excluding hydrogens is 453 g/mol. The van der Waals surface area contributed by atoms with Gasteiger partial charge in [0.15, 0.2) is 0 Å². The van der Waals surface area contributed by atoms with E-state index < -0.39 is 11.9 Å². The first-order chi connectivity index (χ1) is 14.4. The summed E-state index contributed by atoms with van der Waals surface area (Å²) < 4.78 is 15.8. The maximum Gasteiger partial charge on any atom is 0.340 e. The third kappa shape index (κ3) is 5.55. The van der Waals surface area contributed by atoms with Crippen molar-refractivity contribution in [3.8, 4) is 11.3 Å². The van der Waals surface area contributed by atoms with Crippen molar-refractivity contribution in [3.05, 3.63) is 74.9 Å². The first-order valence-electron chi connectivity index (χ1n) is 8.67. The number of carbonyl (C=O) groups excluding carboxylic acids is 2. The molecule has 0 spiro atoms. The lowest BCUT2D eigenvalue weighted by Crippen LogP contribution is -2.20. The number of benzene rings is 2. The Labute approximate surface area is 187 Å². The van der Waals surface area contributed by atoms with E-state index in [1.165, 1.54) is 19.2 Å². The molecule has 2 aromatic carbocycles. The van der Waals surface area contributed by atoms with Crippen LogP contribution in [0.4, 0.5) is 5.69 Å². The van der Waals surface area contributed by atoms with Crippen LogP contribution < -0.4 is 5.32 Å². The van der Waals surface area contributed by atoms with E-state index in [2.05, 4.69) is 5.32 Å². The lowest BCUT2D eigenvalue weighted by Gasteiger charge is -2.10. The first kappa shape index (κ1) is 22.2. The Balaban J connectivity index is 1.58. The normalized spacial score (nSPS) is 10.7. The number of hydrogen-bond donors (Lipinski definition) is 1.